The van der Waals surface area contributed by atoms with Gasteiger partial charge in [0.1, 0.15) is 0 Å². The topological polar surface area (TPSA) is 0 Å². The Kier molecular flexibility index (Phi) is 14.2. The molecule has 0 amide bonds. The average molecular weight is 508 g/mol. The van der Waals surface area contributed by atoms with E-state index in [2.05, 4.69) is 128 Å². The summed E-state index contributed by atoms with van der Waals surface area (Å²) in [6, 6.07) is 42.3. The van der Waals surface area contributed by atoms with Gasteiger partial charge >= 0.3 is 0 Å². The third-order valence-electron chi connectivity index (χ3n) is 3.67. The van der Waals surface area contributed by atoms with Crippen molar-refractivity contribution < 1.29 is 20.4 Å². The third kappa shape index (κ3) is 10.7. The van der Waals surface area contributed by atoms with E-state index in [9.17, 15) is 0 Å². The van der Waals surface area contributed by atoms with Gasteiger partial charge in [-0.15, -0.1) is 0 Å². The van der Waals surface area contributed by atoms with Gasteiger partial charge in [-0.05, 0) is 21.2 Å². The van der Waals surface area contributed by atoms with Crippen LogP contribution in [0.4, 0.5) is 0 Å². The predicted octanol–water partition coefficient (Wildman–Crippen LogP) is 5.47. The molecule has 0 aliphatic carbocycles. The van der Waals surface area contributed by atoms with Crippen LogP contribution in [0.5, 0.6) is 0 Å². The fraction of sp³-hybridized carbons (Fsp3) is 0.0385. The minimum Gasteiger partial charge on any atom is -0.346 e. The van der Waals surface area contributed by atoms with Crippen LogP contribution in [0.3, 0.4) is 0 Å². The summed E-state index contributed by atoms with van der Waals surface area (Å²) in [5.41, 5.74) is 0. The Labute approximate surface area is 193 Å². The molecule has 0 aliphatic rings. The number of benzene rings is 4. The van der Waals surface area contributed by atoms with Crippen LogP contribution in [0.1, 0.15) is 6.92 Å². The van der Waals surface area contributed by atoms with Gasteiger partial charge in [-0.25, -0.2) is 0 Å². The van der Waals surface area contributed by atoms with Crippen LogP contribution >= 0.6 is 17.2 Å². The standard InChI is InChI=1S/2C12H11P.C2H5.Pd/c2*1-3-7-11(8-4-1)13-12-9-5-2-6-10-12;1-2;/h2*1-10,13H;1H2,2H3;/q;;-1;. The fourth-order valence-corrected chi connectivity index (χ4v) is 4.52. The molecule has 0 saturated carbocycles. The van der Waals surface area contributed by atoms with Gasteiger partial charge in [0.2, 0.25) is 0 Å². The molecule has 4 aromatic carbocycles. The van der Waals surface area contributed by atoms with Crippen molar-refractivity contribution >= 4 is 38.4 Å². The molecule has 0 aromatic heterocycles. The molecular formula is C26H27P2Pd-. The molecule has 0 atom stereocenters. The van der Waals surface area contributed by atoms with Crippen molar-refractivity contribution in [2.75, 3.05) is 0 Å². The van der Waals surface area contributed by atoms with Crippen molar-refractivity contribution in [2.24, 2.45) is 0 Å². The maximum absolute atomic E-state index is 3.25. The monoisotopic (exact) mass is 507 g/mol. The quantitative estimate of drug-likeness (QED) is 0.195. The van der Waals surface area contributed by atoms with E-state index in [4.69, 9.17) is 0 Å². The van der Waals surface area contributed by atoms with Crippen LogP contribution in [-0.2, 0) is 20.4 Å². The van der Waals surface area contributed by atoms with E-state index in [1.807, 2.05) is 0 Å². The summed E-state index contributed by atoms with van der Waals surface area (Å²) in [6.45, 7) is 5.00. The summed E-state index contributed by atoms with van der Waals surface area (Å²) >= 11 is 0. The molecule has 0 spiro atoms. The van der Waals surface area contributed by atoms with Crippen molar-refractivity contribution in [3.05, 3.63) is 128 Å². The number of rotatable bonds is 4. The van der Waals surface area contributed by atoms with E-state index in [1.165, 1.54) is 21.2 Å². The maximum Gasteiger partial charge on any atom is 0 e. The van der Waals surface area contributed by atoms with Crippen LogP contribution in [0.2, 0.25) is 0 Å². The minimum atomic E-state index is 0. The Morgan fingerprint density at radius 2 is 0.552 bits per heavy atom. The van der Waals surface area contributed by atoms with Gasteiger partial charge in [0.25, 0.3) is 0 Å². The molecule has 0 bridgehead atoms. The maximum atomic E-state index is 3.25. The second-order valence-corrected chi connectivity index (χ2v) is 8.52. The van der Waals surface area contributed by atoms with Crippen molar-refractivity contribution in [3.63, 3.8) is 0 Å². The van der Waals surface area contributed by atoms with Crippen molar-refractivity contribution in [1.82, 2.24) is 0 Å². The van der Waals surface area contributed by atoms with Crippen LogP contribution < -0.4 is 21.2 Å². The predicted molar refractivity (Wildman–Crippen MR) is 132 cm³/mol. The second kappa shape index (κ2) is 16.2. The number of hydrogen-bond donors (Lipinski definition) is 0. The van der Waals surface area contributed by atoms with E-state index in [1.54, 1.807) is 6.92 Å². The Morgan fingerprint density at radius 3 is 0.724 bits per heavy atom. The molecule has 0 radical (unpaired) electrons. The van der Waals surface area contributed by atoms with E-state index in [-0.39, 0.29) is 20.4 Å². The molecule has 0 fully saturated rings. The van der Waals surface area contributed by atoms with E-state index < -0.39 is 0 Å². The SMILES string of the molecule is [CH2-]C.[Pd].c1ccc(Pc2ccccc2)cc1.c1ccc(Pc2ccccc2)cc1. The molecular weight excluding hydrogens is 481 g/mol. The molecule has 3 heteroatoms. The van der Waals surface area contributed by atoms with Gasteiger partial charge in [0, 0.05) is 20.4 Å². The Hall–Kier alpha value is -1.60. The summed E-state index contributed by atoms with van der Waals surface area (Å²) < 4.78 is 0. The first-order valence-corrected chi connectivity index (χ1v) is 11.3. The minimum absolute atomic E-state index is 0. The zero-order chi connectivity index (χ0) is 19.9. The summed E-state index contributed by atoms with van der Waals surface area (Å²) in [4.78, 5) is 0. The molecule has 0 nitrogen and oxygen atoms in total. The van der Waals surface area contributed by atoms with Crippen LogP contribution in [0.25, 0.3) is 0 Å². The smallest absolute Gasteiger partial charge is 0 e. The number of hydrogen-bond acceptors (Lipinski definition) is 0. The van der Waals surface area contributed by atoms with E-state index >= 15 is 0 Å². The van der Waals surface area contributed by atoms with E-state index in [0.717, 1.165) is 17.2 Å². The summed E-state index contributed by atoms with van der Waals surface area (Å²) in [5.74, 6) is 0. The molecule has 152 valence electrons. The Balaban J connectivity index is 0.000000259. The second-order valence-electron chi connectivity index (χ2n) is 5.71. The third-order valence-corrected chi connectivity index (χ3v) is 6.16. The fourth-order valence-electron chi connectivity index (χ4n) is 2.42. The molecule has 4 rings (SSSR count). The first kappa shape index (κ1) is 25.4. The molecule has 0 aliphatic heterocycles. The first-order chi connectivity index (χ1) is 13.9. The molecule has 0 heterocycles. The van der Waals surface area contributed by atoms with Gasteiger partial charge < -0.3 is 6.92 Å². The molecule has 4 aromatic rings. The van der Waals surface area contributed by atoms with Gasteiger partial charge in [0.05, 0.1) is 0 Å². The van der Waals surface area contributed by atoms with Gasteiger partial charge in [-0.3, -0.25) is 0 Å². The summed E-state index contributed by atoms with van der Waals surface area (Å²) in [5, 5.41) is 5.59. The van der Waals surface area contributed by atoms with Gasteiger partial charge in [-0.2, -0.15) is 6.92 Å². The van der Waals surface area contributed by atoms with Gasteiger partial charge in [0.15, 0.2) is 0 Å². The zero-order valence-electron chi connectivity index (χ0n) is 16.6. The van der Waals surface area contributed by atoms with Gasteiger partial charge in [-0.1, -0.05) is 138 Å². The largest absolute Gasteiger partial charge is 0.346 e. The normalized spacial score (nSPS) is 9.03. The first-order valence-electron chi connectivity index (χ1n) is 9.35. The molecule has 0 saturated heterocycles. The molecule has 0 unspecified atom stereocenters. The van der Waals surface area contributed by atoms with E-state index in [0.29, 0.717) is 0 Å². The van der Waals surface area contributed by atoms with Crippen LogP contribution in [0.15, 0.2) is 121 Å². The molecule has 29 heavy (non-hydrogen) atoms. The van der Waals surface area contributed by atoms with Crippen LogP contribution in [-0.4, -0.2) is 0 Å². The summed E-state index contributed by atoms with van der Waals surface area (Å²) in [7, 11) is 1.55. The zero-order valence-corrected chi connectivity index (χ0v) is 20.1. The molecule has 0 N–H and O–H groups in total. The Bertz CT molecular complexity index is 715. The van der Waals surface area contributed by atoms with Crippen molar-refractivity contribution in [2.45, 2.75) is 6.92 Å². The Morgan fingerprint density at radius 1 is 0.379 bits per heavy atom. The van der Waals surface area contributed by atoms with Crippen molar-refractivity contribution in [3.8, 4) is 0 Å². The summed E-state index contributed by atoms with van der Waals surface area (Å²) in [6.07, 6.45) is 0. The van der Waals surface area contributed by atoms with Crippen LogP contribution in [0, 0.1) is 6.92 Å². The average Bonchev–Trinajstić information content (AvgIpc) is 2.79. The van der Waals surface area contributed by atoms with Crippen molar-refractivity contribution in [1.29, 1.82) is 0 Å².